The molecule has 2 N–H and O–H groups in total. The maximum atomic E-state index is 11.7. The Morgan fingerprint density at radius 2 is 2.28 bits per heavy atom. The van der Waals surface area contributed by atoms with Crippen molar-refractivity contribution in [3.05, 3.63) is 16.1 Å². The number of carbonyl (C=O) groups excluding carboxylic acids is 1. The zero-order chi connectivity index (χ0) is 13.8. The number of likely N-dealkylation sites (N-methyl/N-ethyl adjacent to an activating group) is 1. The van der Waals surface area contributed by atoms with Crippen LogP contribution in [0.15, 0.2) is 5.38 Å². The third-order valence-electron chi connectivity index (χ3n) is 2.29. The molecule has 0 aromatic carbocycles. The quantitative estimate of drug-likeness (QED) is 0.851. The van der Waals surface area contributed by atoms with Gasteiger partial charge in [-0.3, -0.25) is 0 Å². The molecule has 0 aliphatic carbocycles. The van der Waals surface area contributed by atoms with Crippen LogP contribution in [-0.2, 0) is 6.42 Å². The van der Waals surface area contributed by atoms with Crippen molar-refractivity contribution in [3.8, 4) is 0 Å². The molecule has 5 nitrogen and oxygen atoms in total. The van der Waals surface area contributed by atoms with E-state index in [0.29, 0.717) is 13.1 Å². The second-order valence-electron chi connectivity index (χ2n) is 5.01. The Morgan fingerprint density at radius 3 is 2.78 bits per heavy atom. The van der Waals surface area contributed by atoms with Gasteiger partial charge in [0.25, 0.3) is 0 Å². The van der Waals surface area contributed by atoms with Crippen LogP contribution in [0, 0.1) is 6.92 Å². The molecular formula is C12H21N3O2S. The predicted octanol–water partition coefficient (Wildman–Crippen LogP) is 1.41. The number of nitrogens with zero attached hydrogens (tertiary/aromatic N) is 2. The van der Waals surface area contributed by atoms with Gasteiger partial charge in [0.2, 0.25) is 0 Å². The minimum Gasteiger partial charge on any atom is -0.389 e. The first kappa shape index (κ1) is 14.9. The number of carbonyl (C=O) groups is 1. The molecule has 0 radical (unpaired) electrons. The van der Waals surface area contributed by atoms with Crippen LogP contribution in [-0.4, -0.2) is 46.8 Å². The first-order valence-electron chi connectivity index (χ1n) is 5.90. The molecule has 1 aromatic rings. The number of urea groups is 1. The van der Waals surface area contributed by atoms with Gasteiger partial charge < -0.3 is 15.3 Å². The summed E-state index contributed by atoms with van der Waals surface area (Å²) in [6.07, 6.45) is 0.729. The van der Waals surface area contributed by atoms with Gasteiger partial charge in [0.05, 0.1) is 22.8 Å². The standard InChI is InChI=1S/C12H21N3O2S/c1-9-14-10(7-18-9)5-6-13-11(16)15(4)8-12(2,3)17/h7,17H,5-6,8H2,1-4H3,(H,13,16). The second-order valence-corrected chi connectivity index (χ2v) is 6.07. The maximum Gasteiger partial charge on any atom is 0.317 e. The number of nitrogens with one attached hydrogen (secondary N) is 1. The highest BCUT2D eigenvalue weighted by atomic mass is 32.1. The number of thiazole rings is 1. The van der Waals surface area contributed by atoms with Crippen LogP contribution < -0.4 is 5.32 Å². The third-order valence-corrected chi connectivity index (χ3v) is 3.12. The number of hydrogen-bond donors (Lipinski definition) is 2. The zero-order valence-corrected chi connectivity index (χ0v) is 12.2. The van der Waals surface area contributed by atoms with Crippen LogP contribution in [0.2, 0.25) is 0 Å². The largest absolute Gasteiger partial charge is 0.389 e. The summed E-state index contributed by atoms with van der Waals surface area (Å²) in [5.74, 6) is 0. The summed E-state index contributed by atoms with van der Waals surface area (Å²) in [4.78, 5) is 17.5. The number of aryl methyl sites for hydroxylation is 1. The molecule has 1 rings (SSSR count). The topological polar surface area (TPSA) is 65.5 Å². The van der Waals surface area contributed by atoms with Crippen molar-refractivity contribution in [2.75, 3.05) is 20.1 Å². The molecule has 0 spiro atoms. The van der Waals surface area contributed by atoms with E-state index >= 15 is 0 Å². The number of rotatable bonds is 5. The number of amides is 2. The Morgan fingerprint density at radius 1 is 1.61 bits per heavy atom. The van der Waals surface area contributed by atoms with Crippen LogP contribution in [0.25, 0.3) is 0 Å². The van der Waals surface area contributed by atoms with Gasteiger partial charge in [-0.15, -0.1) is 11.3 Å². The SMILES string of the molecule is Cc1nc(CCNC(=O)N(C)CC(C)(C)O)cs1. The highest BCUT2D eigenvalue weighted by Crippen LogP contribution is 2.08. The number of hydrogen-bond acceptors (Lipinski definition) is 4. The van der Waals surface area contributed by atoms with Crippen molar-refractivity contribution in [1.29, 1.82) is 0 Å². The second kappa shape index (κ2) is 6.15. The average Bonchev–Trinajstić information content (AvgIpc) is 2.61. The molecule has 0 aliphatic rings. The molecule has 102 valence electrons. The minimum absolute atomic E-state index is 0.177. The lowest BCUT2D eigenvalue weighted by molar-refractivity contribution is 0.0532. The molecule has 1 aromatic heterocycles. The summed E-state index contributed by atoms with van der Waals surface area (Å²) in [7, 11) is 1.67. The van der Waals surface area contributed by atoms with Crippen molar-refractivity contribution in [2.45, 2.75) is 32.8 Å². The molecule has 6 heteroatoms. The molecule has 1 heterocycles. The van der Waals surface area contributed by atoms with Crippen molar-refractivity contribution in [3.63, 3.8) is 0 Å². The van der Waals surface area contributed by atoms with Crippen molar-refractivity contribution in [2.24, 2.45) is 0 Å². The summed E-state index contributed by atoms with van der Waals surface area (Å²) in [5.41, 5.74) is 0.126. The van der Waals surface area contributed by atoms with Crippen molar-refractivity contribution in [1.82, 2.24) is 15.2 Å². The highest BCUT2D eigenvalue weighted by Gasteiger charge is 2.18. The molecule has 0 aliphatic heterocycles. The van der Waals surface area contributed by atoms with Gasteiger partial charge >= 0.3 is 6.03 Å². The smallest absolute Gasteiger partial charge is 0.317 e. The number of aromatic nitrogens is 1. The van der Waals surface area contributed by atoms with E-state index in [1.54, 1.807) is 32.2 Å². The molecule has 18 heavy (non-hydrogen) atoms. The van der Waals surface area contributed by atoms with E-state index in [9.17, 15) is 9.90 Å². The third kappa shape index (κ3) is 5.46. The van der Waals surface area contributed by atoms with Crippen molar-refractivity contribution >= 4 is 17.4 Å². The van der Waals surface area contributed by atoms with Gasteiger partial charge in [-0.25, -0.2) is 9.78 Å². The van der Waals surface area contributed by atoms with E-state index in [1.165, 1.54) is 4.90 Å². The molecule has 0 bridgehead atoms. The van der Waals surface area contributed by atoms with E-state index in [0.717, 1.165) is 17.1 Å². The zero-order valence-electron chi connectivity index (χ0n) is 11.4. The van der Waals surface area contributed by atoms with Crippen LogP contribution in [0.1, 0.15) is 24.5 Å². The average molecular weight is 271 g/mol. The first-order valence-corrected chi connectivity index (χ1v) is 6.78. The van der Waals surface area contributed by atoms with Crippen LogP contribution in [0.4, 0.5) is 4.79 Å². The lowest BCUT2D eigenvalue weighted by Crippen LogP contribution is -2.45. The normalized spacial score (nSPS) is 11.4. The summed E-state index contributed by atoms with van der Waals surface area (Å²) in [6, 6.07) is -0.177. The van der Waals surface area contributed by atoms with Gasteiger partial charge in [-0.05, 0) is 20.8 Å². The molecule has 0 fully saturated rings. The molecule has 0 saturated carbocycles. The van der Waals surface area contributed by atoms with E-state index in [2.05, 4.69) is 10.3 Å². The van der Waals surface area contributed by atoms with Gasteiger partial charge in [-0.2, -0.15) is 0 Å². The van der Waals surface area contributed by atoms with E-state index in [-0.39, 0.29) is 6.03 Å². The lowest BCUT2D eigenvalue weighted by atomic mass is 10.1. The first-order chi connectivity index (χ1) is 8.28. The molecule has 2 amide bonds. The Balaban J connectivity index is 2.28. The van der Waals surface area contributed by atoms with Gasteiger partial charge in [0.15, 0.2) is 0 Å². The minimum atomic E-state index is -0.877. The molecule has 0 unspecified atom stereocenters. The molecular weight excluding hydrogens is 250 g/mol. The van der Waals surface area contributed by atoms with Gasteiger partial charge in [0, 0.05) is 25.4 Å². The molecule has 0 atom stereocenters. The fraction of sp³-hybridized carbons (Fsp3) is 0.667. The summed E-state index contributed by atoms with van der Waals surface area (Å²) in [6.45, 7) is 6.17. The summed E-state index contributed by atoms with van der Waals surface area (Å²) in [5, 5.41) is 15.5. The van der Waals surface area contributed by atoms with Crippen molar-refractivity contribution < 1.29 is 9.90 Å². The maximum absolute atomic E-state index is 11.7. The monoisotopic (exact) mass is 271 g/mol. The van der Waals surface area contributed by atoms with E-state index in [1.807, 2.05) is 12.3 Å². The number of aliphatic hydroxyl groups is 1. The van der Waals surface area contributed by atoms with Crippen LogP contribution in [0.5, 0.6) is 0 Å². The Bertz CT molecular complexity index is 398. The molecule has 0 saturated heterocycles. The predicted molar refractivity (Wildman–Crippen MR) is 72.9 cm³/mol. The summed E-state index contributed by atoms with van der Waals surface area (Å²) < 4.78 is 0. The van der Waals surface area contributed by atoms with Gasteiger partial charge in [-0.1, -0.05) is 0 Å². The Kier molecular flexibility index (Phi) is 5.10. The fourth-order valence-corrected chi connectivity index (χ4v) is 2.25. The van der Waals surface area contributed by atoms with Gasteiger partial charge in [0.1, 0.15) is 0 Å². The Hall–Kier alpha value is -1.14. The highest BCUT2D eigenvalue weighted by molar-refractivity contribution is 7.09. The van der Waals surface area contributed by atoms with E-state index < -0.39 is 5.60 Å². The van der Waals surface area contributed by atoms with Crippen LogP contribution >= 0.6 is 11.3 Å². The van der Waals surface area contributed by atoms with Crippen LogP contribution in [0.3, 0.4) is 0 Å². The lowest BCUT2D eigenvalue weighted by Gasteiger charge is -2.25. The Labute approximate surface area is 112 Å². The van der Waals surface area contributed by atoms with E-state index in [4.69, 9.17) is 0 Å². The summed E-state index contributed by atoms with van der Waals surface area (Å²) >= 11 is 1.61. The fourth-order valence-electron chi connectivity index (χ4n) is 1.61.